The quantitative estimate of drug-likeness (QED) is 0.534. The molecule has 0 N–H and O–H groups in total. The molecule has 2 aromatic heterocycles. The first kappa shape index (κ1) is 13.7. The molecule has 7 heteroatoms. The summed E-state index contributed by atoms with van der Waals surface area (Å²) < 4.78 is 40.9. The second-order valence-corrected chi connectivity index (χ2v) is 5.00. The molecule has 0 bridgehead atoms. The van der Waals surface area contributed by atoms with Crippen molar-refractivity contribution >= 4 is 16.6 Å². The van der Waals surface area contributed by atoms with Crippen LogP contribution in [0, 0.1) is 0 Å². The maximum absolute atomic E-state index is 13.3. The van der Waals surface area contributed by atoms with E-state index in [1.54, 1.807) is 54.6 Å². The van der Waals surface area contributed by atoms with Crippen LogP contribution >= 0.6 is 0 Å². The van der Waals surface area contributed by atoms with Crippen LogP contribution < -0.4 is 0 Å². The van der Waals surface area contributed by atoms with E-state index in [0.29, 0.717) is 16.5 Å². The first-order chi connectivity index (χ1) is 11.1. The van der Waals surface area contributed by atoms with Crippen LogP contribution in [0.25, 0.3) is 27.9 Å². The Kier molecular flexibility index (Phi) is 2.84. The van der Waals surface area contributed by atoms with Crippen molar-refractivity contribution in [1.29, 1.82) is 0 Å². The highest BCUT2D eigenvalue weighted by Gasteiger charge is 2.38. The third-order valence-corrected chi connectivity index (χ3v) is 3.53. The van der Waals surface area contributed by atoms with Crippen molar-refractivity contribution in [3.05, 3.63) is 60.4 Å². The van der Waals surface area contributed by atoms with E-state index in [-0.39, 0.29) is 11.5 Å². The fraction of sp³-hybridized carbons (Fsp3) is 0.0625. The predicted molar refractivity (Wildman–Crippen MR) is 78.7 cm³/mol. The molecular formula is C16H9F3N4. The summed E-state index contributed by atoms with van der Waals surface area (Å²) in [6.07, 6.45) is -4.62. The molecule has 0 radical (unpaired) electrons. The normalized spacial score (nSPS) is 12.1. The second kappa shape index (κ2) is 4.77. The first-order valence-electron chi connectivity index (χ1n) is 6.82. The highest BCUT2D eigenvalue weighted by Crippen LogP contribution is 2.32. The summed E-state index contributed by atoms with van der Waals surface area (Å²) in [7, 11) is 0. The van der Waals surface area contributed by atoms with Gasteiger partial charge < -0.3 is 0 Å². The van der Waals surface area contributed by atoms with E-state index in [1.165, 1.54) is 0 Å². The van der Waals surface area contributed by atoms with E-state index < -0.39 is 12.0 Å². The molecule has 2 heterocycles. The Hall–Kier alpha value is -2.96. The van der Waals surface area contributed by atoms with E-state index in [1.807, 2.05) is 0 Å². The number of nitrogens with zero attached hydrogens (tertiary/aromatic N) is 4. The van der Waals surface area contributed by atoms with Gasteiger partial charge in [0.05, 0.1) is 5.52 Å². The number of hydrogen-bond acceptors (Lipinski definition) is 3. The van der Waals surface area contributed by atoms with Gasteiger partial charge in [0.1, 0.15) is 5.82 Å². The summed E-state index contributed by atoms with van der Waals surface area (Å²) in [5.41, 5.74) is 1.27. The van der Waals surface area contributed by atoms with E-state index in [4.69, 9.17) is 0 Å². The van der Waals surface area contributed by atoms with Crippen molar-refractivity contribution < 1.29 is 13.2 Å². The Bertz CT molecular complexity index is 1010. The van der Waals surface area contributed by atoms with Gasteiger partial charge in [-0.3, -0.25) is 4.40 Å². The fourth-order valence-corrected chi connectivity index (χ4v) is 2.55. The molecule has 0 atom stereocenters. The number of benzene rings is 2. The van der Waals surface area contributed by atoms with Gasteiger partial charge in [0, 0.05) is 10.9 Å². The molecule has 0 spiro atoms. The average molecular weight is 314 g/mol. The van der Waals surface area contributed by atoms with Crippen LogP contribution in [0.5, 0.6) is 0 Å². The summed E-state index contributed by atoms with van der Waals surface area (Å²) in [5, 5.41) is 7.63. The third kappa shape index (κ3) is 2.12. The maximum atomic E-state index is 13.3. The molecule has 4 rings (SSSR count). The Morgan fingerprint density at radius 3 is 2.26 bits per heavy atom. The molecule has 0 amide bonds. The molecular weight excluding hydrogens is 305 g/mol. The van der Waals surface area contributed by atoms with Gasteiger partial charge in [-0.25, -0.2) is 4.98 Å². The van der Waals surface area contributed by atoms with E-state index >= 15 is 0 Å². The van der Waals surface area contributed by atoms with Gasteiger partial charge in [0.25, 0.3) is 0 Å². The molecule has 0 aliphatic heterocycles. The number of aromatic nitrogens is 4. The van der Waals surface area contributed by atoms with Crippen LogP contribution in [-0.2, 0) is 6.18 Å². The number of fused-ring (bicyclic) bond motifs is 3. The minimum absolute atomic E-state index is 0.141. The third-order valence-electron chi connectivity index (χ3n) is 3.53. The van der Waals surface area contributed by atoms with Crippen LogP contribution in [-0.4, -0.2) is 19.6 Å². The molecule has 0 aliphatic rings. The highest BCUT2D eigenvalue weighted by atomic mass is 19.4. The number of alkyl halides is 3. The number of rotatable bonds is 1. The smallest absolute Gasteiger partial charge is 0.254 e. The minimum atomic E-state index is -4.62. The summed E-state index contributed by atoms with van der Waals surface area (Å²) in [6, 6.07) is 15.6. The topological polar surface area (TPSA) is 43.1 Å². The number of para-hydroxylation sites is 1. The molecule has 23 heavy (non-hydrogen) atoms. The number of hydrogen-bond donors (Lipinski definition) is 0. The summed E-state index contributed by atoms with van der Waals surface area (Å²) in [4.78, 5) is 4.40. The van der Waals surface area contributed by atoms with Gasteiger partial charge in [-0.1, -0.05) is 42.5 Å². The van der Waals surface area contributed by atoms with E-state index in [0.717, 1.165) is 4.40 Å². The lowest BCUT2D eigenvalue weighted by molar-refractivity contribution is -0.145. The number of halogens is 3. The van der Waals surface area contributed by atoms with Crippen molar-refractivity contribution in [2.75, 3.05) is 0 Å². The monoisotopic (exact) mass is 314 g/mol. The fourth-order valence-electron chi connectivity index (χ4n) is 2.55. The van der Waals surface area contributed by atoms with Gasteiger partial charge in [-0.15, -0.1) is 10.2 Å². The maximum Gasteiger partial charge on any atom is 0.452 e. The molecule has 0 saturated carbocycles. The van der Waals surface area contributed by atoms with Crippen LogP contribution in [0.2, 0.25) is 0 Å². The Morgan fingerprint density at radius 2 is 1.52 bits per heavy atom. The van der Waals surface area contributed by atoms with Crippen molar-refractivity contribution in [2.45, 2.75) is 6.18 Å². The zero-order valence-corrected chi connectivity index (χ0v) is 11.6. The molecule has 0 aliphatic carbocycles. The van der Waals surface area contributed by atoms with Crippen LogP contribution in [0.3, 0.4) is 0 Å². The van der Waals surface area contributed by atoms with Gasteiger partial charge >= 0.3 is 6.18 Å². The molecule has 0 saturated heterocycles. The van der Waals surface area contributed by atoms with Crippen molar-refractivity contribution in [3.8, 4) is 11.4 Å². The molecule has 4 nitrogen and oxygen atoms in total. The lowest BCUT2D eigenvalue weighted by Gasteiger charge is -2.10. The highest BCUT2D eigenvalue weighted by molar-refractivity contribution is 5.92. The van der Waals surface area contributed by atoms with Gasteiger partial charge in [0.2, 0.25) is 5.82 Å². The molecule has 4 aromatic rings. The Labute approximate surface area is 128 Å². The largest absolute Gasteiger partial charge is 0.452 e. The van der Waals surface area contributed by atoms with Crippen molar-refractivity contribution in [2.24, 2.45) is 0 Å². The van der Waals surface area contributed by atoms with E-state index in [2.05, 4.69) is 15.2 Å². The predicted octanol–water partition coefficient (Wildman–Crippen LogP) is 3.96. The molecule has 0 unspecified atom stereocenters. The first-order valence-corrected chi connectivity index (χ1v) is 6.82. The lowest BCUT2D eigenvalue weighted by Crippen LogP contribution is -2.13. The second-order valence-electron chi connectivity index (χ2n) is 5.00. The van der Waals surface area contributed by atoms with Crippen molar-refractivity contribution in [3.63, 3.8) is 0 Å². The van der Waals surface area contributed by atoms with E-state index in [9.17, 15) is 13.2 Å². The molecule has 2 aromatic carbocycles. The van der Waals surface area contributed by atoms with Crippen LogP contribution in [0.4, 0.5) is 13.2 Å². The Morgan fingerprint density at radius 1 is 0.826 bits per heavy atom. The lowest BCUT2D eigenvalue weighted by atomic mass is 10.2. The van der Waals surface area contributed by atoms with Crippen LogP contribution in [0.1, 0.15) is 5.82 Å². The standard InChI is InChI=1S/C16H9F3N4/c17-16(18,19)15-22-21-14-11-8-4-5-9-12(11)20-13(23(14)15)10-6-2-1-3-7-10/h1-9H. The van der Waals surface area contributed by atoms with Crippen LogP contribution in [0.15, 0.2) is 54.6 Å². The average Bonchev–Trinajstić information content (AvgIpc) is 3.00. The summed E-state index contributed by atoms with van der Waals surface area (Å²) in [5.74, 6) is -0.916. The van der Waals surface area contributed by atoms with Gasteiger partial charge in [-0.05, 0) is 12.1 Å². The molecule has 0 fully saturated rings. The SMILES string of the molecule is FC(F)(F)c1nnc2c3ccccc3nc(-c3ccccc3)n12. The van der Waals surface area contributed by atoms with Gasteiger partial charge in [-0.2, -0.15) is 13.2 Å². The van der Waals surface area contributed by atoms with Crippen molar-refractivity contribution in [1.82, 2.24) is 19.6 Å². The van der Waals surface area contributed by atoms with Gasteiger partial charge in [0.15, 0.2) is 5.65 Å². The molecule has 114 valence electrons. The summed E-state index contributed by atoms with van der Waals surface area (Å²) >= 11 is 0. The summed E-state index contributed by atoms with van der Waals surface area (Å²) in [6.45, 7) is 0. The minimum Gasteiger partial charge on any atom is -0.254 e. The zero-order valence-electron chi connectivity index (χ0n) is 11.6. The Balaban J connectivity index is 2.19. The zero-order chi connectivity index (χ0) is 16.0.